The minimum atomic E-state index is -1.17. The second kappa shape index (κ2) is 9.86. The van der Waals surface area contributed by atoms with E-state index < -0.39 is 13.0 Å². The number of hydrogen-bond acceptors (Lipinski definition) is 6. The molecule has 2 aromatic rings. The zero-order chi connectivity index (χ0) is 21.6. The van der Waals surface area contributed by atoms with E-state index in [1.807, 2.05) is 0 Å². The molecule has 9 heteroatoms. The number of carbonyl (C=O) groups is 1. The molecule has 0 aliphatic rings. The van der Waals surface area contributed by atoms with Gasteiger partial charge in [-0.3, -0.25) is 14.9 Å². The fourth-order valence-corrected chi connectivity index (χ4v) is 3.48. The number of nitro groups is 1. The lowest BCUT2D eigenvalue weighted by atomic mass is 10.2. The van der Waals surface area contributed by atoms with E-state index >= 15 is 0 Å². The molecule has 29 heavy (non-hydrogen) atoms. The molecule has 2 aromatic carbocycles. The van der Waals surface area contributed by atoms with Crippen LogP contribution in [-0.2, 0) is 4.74 Å². The molecule has 0 amide bonds. The molecule has 0 saturated carbocycles. The van der Waals surface area contributed by atoms with Gasteiger partial charge in [-0.25, -0.2) is 0 Å². The maximum Gasteiger partial charge on any atom is 0.271 e. The number of aryl methyl sites for hydroxylation is 1. The standard InChI is InChI=1S/C20H24ClNO6Si/c1-14-9-16(22(24)25)11-18(21)20(14)28-17-5-6-19(15(10-17)12-23)27-13-26-7-8-29(2,3)4/h5-6,9-12H,7-8,13H2,1-4H3. The predicted octanol–water partition coefficient (Wildman–Crippen LogP) is 5.85. The Hall–Kier alpha value is -2.42. The Bertz CT molecular complexity index is 874. The van der Waals surface area contributed by atoms with E-state index in [0.717, 1.165) is 6.04 Å². The van der Waals surface area contributed by atoms with E-state index in [-0.39, 0.29) is 23.3 Å². The predicted molar refractivity (Wildman–Crippen MR) is 114 cm³/mol. The van der Waals surface area contributed by atoms with Crippen LogP contribution in [0.2, 0.25) is 30.7 Å². The monoisotopic (exact) mass is 437 g/mol. The molecule has 0 saturated heterocycles. The van der Waals surface area contributed by atoms with Crippen molar-refractivity contribution < 1.29 is 23.9 Å². The third-order valence-corrected chi connectivity index (χ3v) is 6.03. The van der Waals surface area contributed by atoms with Gasteiger partial charge in [-0.1, -0.05) is 31.2 Å². The summed E-state index contributed by atoms with van der Waals surface area (Å²) < 4.78 is 16.8. The normalized spacial score (nSPS) is 11.2. The summed E-state index contributed by atoms with van der Waals surface area (Å²) in [4.78, 5) is 21.8. The van der Waals surface area contributed by atoms with Crippen LogP contribution in [0.1, 0.15) is 15.9 Å². The maximum atomic E-state index is 11.4. The maximum absolute atomic E-state index is 11.4. The summed E-state index contributed by atoms with van der Waals surface area (Å²) in [5, 5.41) is 11.0. The Balaban J connectivity index is 2.07. The largest absolute Gasteiger partial charge is 0.467 e. The number of ether oxygens (including phenoxy) is 3. The lowest BCUT2D eigenvalue weighted by molar-refractivity contribution is -0.384. The van der Waals surface area contributed by atoms with Crippen molar-refractivity contribution in [2.45, 2.75) is 32.6 Å². The number of hydrogen-bond donors (Lipinski definition) is 0. The average molecular weight is 438 g/mol. The van der Waals surface area contributed by atoms with Crippen LogP contribution in [0, 0.1) is 17.0 Å². The quantitative estimate of drug-likeness (QED) is 0.116. The smallest absolute Gasteiger partial charge is 0.271 e. The van der Waals surface area contributed by atoms with Crippen molar-refractivity contribution in [1.29, 1.82) is 0 Å². The topological polar surface area (TPSA) is 87.9 Å². The molecule has 156 valence electrons. The lowest BCUT2D eigenvalue weighted by Gasteiger charge is -2.16. The highest BCUT2D eigenvalue weighted by Crippen LogP contribution is 2.37. The number of aldehydes is 1. The molecule has 0 spiro atoms. The number of carbonyl (C=O) groups excluding carboxylic acids is 1. The van der Waals surface area contributed by atoms with Crippen LogP contribution in [0.4, 0.5) is 5.69 Å². The van der Waals surface area contributed by atoms with Crippen molar-refractivity contribution in [3.8, 4) is 17.2 Å². The van der Waals surface area contributed by atoms with Gasteiger partial charge in [0.15, 0.2) is 13.1 Å². The van der Waals surface area contributed by atoms with Gasteiger partial charge in [-0.05, 0) is 31.2 Å². The SMILES string of the molecule is Cc1cc([N+](=O)[O-])cc(Cl)c1Oc1ccc(OCOCC[Si](C)(C)C)c(C=O)c1. The summed E-state index contributed by atoms with van der Waals surface area (Å²) in [5.74, 6) is 1.03. The Morgan fingerprint density at radius 3 is 2.52 bits per heavy atom. The fourth-order valence-electron chi connectivity index (χ4n) is 2.42. The van der Waals surface area contributed by atoms with Crippen LogP contribution < -0.4 is 9.47 Å². The van der Waals surface area contributed by atoms with Gasteiger partial charge in [0.1, 0.15) is 17.2 Å². The molecule has 0 heterocycles. The van der Waals surface area contributed by atoms with Gasteiger partial charge in [0.05, 0.1) is 15.5 Å². The van der Waals surface area contributed by atoms with E-state index in [4.69, 9.17) is 25.8 Å². The highest BCUT2D eigenvalue weighted by molar-refractivity contribution is 6.76. The van der Waals surface area contributed by atoms with Gasteiger partial charge in [0.2, 0.25) is 0 Å². The van der Waals surface area contributed by atoms with Crippen molar-refractivity contribution >= 4 is 31.6 Å². The van der Waals surface area contributed by atoms with Crippen LogP contribution >= 0.6 is 11.6 Å². The van der Waals surface area contributed by atoms with E-state index in [2.05, 4.69) is 19.6 Å². The zero-order valence-corrected chi connectivity index (χ0v) is 18.6. The molecule has 0 aliphatic heterocycles. The molecule has 0 bridgehead atoms. The highest BCUT2D eigenvalue weighted by atomic mass is 35.5. The van der Waals surface area contributed by atoms with Crippen LogP contribution in [0.3, 0.4) is 0 Å². The van der Waals surface area contributed by atoms with Crippen molar-refractivity contribution in [2.75, 3.05) is 13.4 Å². The van der Waals surface area contributed by atoms with Crippen molar-refractivity contribution in [2.24, 2.45) is 0 Å². The third-order valence-electron chi connectivity index (χ3n) is 4.05. The first-order valence-corrected chi connectivity index (χ1v) is 13.1. The van der Waals surface area contributed by atoms with Crippen LogP contribution in [-0.4, -0.2) is 32.7 Å². The van der Waals surface area contributed by atoms with Gasteiger partial charge >= 0.3 is 0 Å². The summed E-state index contributed by atoms with van der Waals surface area (Å²) >= 11 is 6.13. The summed E-state index contributed by atoms with van der Waals surface area (Å²) in [5.41, 5.74) is 0.686. The van der Waals surface area contributed by atoms with Crippen molar-refractivity contribution in [3.05, 3.63) is 56.6 Å². The van der Waals surface area contributed by atoms with Gasteiger partial charge in [0.25, 0.3) is 5.69 Å². The Morgan fingerprint density at radius 1 is 1.21 bits per heavy atom. The number of halogens is 1. The minimum Gasteiger partial charge on any atom is -0.467 e. The molecule has 0 atom stereocenters. The minimum absolute atomic E-state index is 0.0544. The van der Waals surface area contributed by atoms with Gasteiger partial charge < -0.3 is 14.2 Å². The van der Waals surface area contributed by atoms with Crippen LogP contribution in [0.5, 0.6) is 17.2 Å². The first kappa shape index (κ1) is 22.9. The molecule has 0 aromatic heterocycles. The number of nitro benzene ring substituents is 1. The lowest BCUT2D eigenvalue weighted by Crippen LogP contribution is -2.22. The summed E-state index contributed by atoms with van der Waals surface area (Å²) in [6, 6.07) is 8.37. The summed E-state index contributed by atoms with van der Waals surface area (Å²) in [6.07, 6.45) is 0.661. The fraction of sp³-hybridized carbons (Fsp3) is 0.350. The van der Waals surface area contributed by atoms with E-state index in [0.29, 0.717) is 35.5 Å². The zero-order valence-electron chi connectivity index (χ0n) is 16.9. The van der Waals surface area contributed by atoms with E-state index in [9.17, 15) is 14.9 Å². The molecule has 0 N–H and O–H groups in total. The van der Waals surface area contributed by atoms with Crippen LogP contribution in [0.25, 0.3) is 0 Å². The summed E-state index contributed by atoms with van der Waals surface area (Å²) in [6.45, 7) is 9.12. The number of rotatable bonds is 10. The summed E-state index contributed by atoms with van der Waals surface area (Å²) in [7, 11) is -1.17. The van der Waals surface area contributed by atoms with Crippen LogP contribution in [0.15, 0.2) is 30.3 Å². The average Bonchev–Trinajstić information content (AvgIpc) is 2.63. The van der Waals surface area contributed by atoms with Gasteiger partial charge in [0, 0.05) is 32.4 Å². The first-order valence-electron chi connectivity index (χ1n) is 9.03. The Morgan fingerprint density at radius 2 is 1.93 bits per heavy atom. The molecule has 0 unspecified atom stereocenters. The molecule has 0 aliphatic carbocycles. The van der Waals surface area contributed by atoms with E-state index in [1.54, 1.807) is 19.1 Å². The molecule has 2 rings (SSSR count). The number of nitrogens with zero attached hydrogens (tertiary/aromatic N) is 1. The first-order chi connectivity index (χ1) is 13.6. The Kier molecular flexibility index (Phi) is 7.78. The third kappa shape index (κ3) is 6.84. The van der Waals surface area contributed by atoms with E-state index in [1.165, 1.54) is 18.2 Å². The van der Waals surface area contributed by atoms with Crippen molar-refractivity contribution in [1.82, 2.24) is 0 Å². The molecular weight excluding hydrogens is 414 g/mol. The molecule has 7 nitrogen and oxygen atoms in total. The molecular formula is C20H24ClNO6Si. The number of benzene rings is 2. The second-order valence-electron chi connectivity index (χ2n) is 7.73. The van der Waals surface area contributed by atoms with Gasteiger partial charge in [-0.2, -0.15) is 0 Å². The molecule has 0 radical (unpaired) electrons. The Labute approximate surface area is 175 Å². The second-order valence-corrected chi connectivity index (χ2v) is 13.8. The van der Waals surface area contributed by atoms with Crippen molar-refractivity contribution in [3.63, 3.8) is 0 Å². The number of non-ortho nitro benzene ring substituents is 1. The highest BCUT2D eigenvalue weighted by Gasteiger charge is 2.16. The molecule has 0 fully saturated rings. The van der Waals surface area contributed by atoms with Gasteiger partial charge in [-0.15, -0.1) is 0 Å².